The molecule has 0 saturated carbocycles. The van der Waals surface area contributed by atoms with E-state index in [2.05, 4.69) is 26.3 Å². The third-order valence-corrected chi connectivity index (χ3v) is 3.15. The van der Waals surface area contributed by atoms with Crippen molar-refractivity contribution < 1.29 is 9.18 Å². The van der Waals surface area contributed by atoms with E-state index in [0.717, 1.165) is 6.07 Å². The second-order valence-corrected chi connectivity index (χ2v) is 5.03. The highest BCUT2D eigenvalue weighted by atomic mass is 79.9. The van der Waals surface area contributed by atoms with Crippen LogP contribution in [0.3, 0.4) is 0 Å². The second kappa shape index (κ2) is 5.58. The number of nitrogens with zero attached hydrogens (tertiary/aromatic N) is 2. The van der Waals surface area contributed by atoms with Crippen molar-refractivity contribution in [3.63, 3.8) is 0 Å². The molecule has 0 bridgehead atoms. The number of carbonyl (C=O) groups is 1. The van der Waals surface area contributed by atoms with Crippen LogP contribution in [0.2, 0.25) is 5.02 Å². The number of nitrogen functional groups attached to an aromatic ring is 1. The average Bonchev–Trinajstić information content (AvgIpc) is 2.69. The molecule has 100 valence electrons. The topological polar surface area (TPSA) is 72.9 Å². The summed E-state index contributed by atoms with van der Waals surface area (Å²) in [5.74, 6) is -0.841. The van der Waals surface area contributed by atoms with E-state index < -0.39 is 5.82 Å². The van der Waals surface area contributed by atoms with Crippen LogP contribution in [0.15, 0.2) is 29.0 Å². The van der Waals surface area contributed by atoms with Crippen LogP contribution < -0.4 is 11.1 Å². The number of benzene rings is 1. The van der Waals surface area contributed by atoms with E-state index in [1.807, 2.05) is 0 Å². The summed E-state index contributed by atoms with van der Waals surface area (Å²) in [5, 5.41) is 6.57. The zero-order chi connectivity index (χ0) is 14.0. The Morgan fingerprint density at radius 3 is 2.89 bits per heavy atom. The van der Waals surface area contributed by atoms with Gasteiger partial charge in [-0.1, -0.05) is 11.6 Å². The molecule has 19 heavy (non-hydrogen) atoms. The van der Waals surface area contributed by atoms with Crippen LogP contribution in [0.25, 0.3) is 0 Å². The molecular formula is C11H9BrClFN4O. The van der Waals surface area contributed by atoms with Crippen molar-refractivity contribution >= 4 is 44.8 Å². The maximum atomic E-state index is 13.0. The lowest BCUT2D eigenvalue weighted by Crippen LogP contribution is -2.19. The molecule has 2 aromatic rings. The van der Waals surface area contributed by atoms with Gasteiger partial charge in [0.15, 0.2) is 0 Å². The van der Waals surface area contributed by atoms with Crippen LogP contribution in [0.1, 0.15) is 0 Å². The van der Waals surface area contributed by atoms with Crippen molar-refractivity contribution in [2.24, 2.45) is 0 Å². The molecule has 0 aliphatic carbocycles. The van der Waals surface area contributed by atoms with Crippen molar-refractivity contribution in [2.45, 2.75) is 6.54 Å². The highest BCUT2D eigenvalue weighted by Crippen LogP contribution is 2.31. The average molecular weight is 348 g/mol. The number of anilines is 2. The van der Waals surface area contributed by atoms with Crippen molar-refractivity contribution in [2.75, 3.05) is 11.1 Å². The van der Waals surface area contributed by atoms with E-state index in [1.54, 1.807) is 0 Å². The maximum absolute atomic E-state index is 13.0. The Morgan fingerprint density at radius 1 is 1.58 bits per heavy atom. The molecule has 0 aliphatic heterocycles. The molecule has 1 amide bonds. The van der Waals surface area contributed by atoms with Gasteiger partial charge in [-0.15, -0.1) is 0 Å². The highest BCUT2D eigenvalue weighted by molar-refractivity contribution is 9.10. The summed E-state index contributed by atoms with van der Waals surface area (Å²) in [7, 11) is 0. The van der Waals surface area contributed by atoms with Gasteiger partial charge >= 0.3 is 0 Å². The molecule has 1 aromatic heterocycles. The quantitative estimate of drug-likeness (QED) is 0.896. The number of rotatable bonds is 3. The van der Waals surface area contributed by atoms with Gasteiger partial charge < -0.3 is 11.1 Å². The van der Waals surface area contributed by atoms with Crippen LogP contribution in [-0.4, -0.2) is 15.7 Å². The molecule has 0 aliphatic rings. The predicted octanol–water partition coefficient (Wildman–Crippen LogP) is 2.66. The molecule has 0 atom stereocenters. The second-order valence-electron chi connectivity index (χ2n) is 3.76. The summed E-state index contributed by atoms with van der Waals surface area (Å²) in [6.45, 7) is -0.0165. The summed E-state index contributed by atoms with van der Waals surface area (Å²) in [4.78, 5) is 11.8. The number of nitrogens with one attached hydrogen (secondary N) is 1. The van der Waals surface area contributed by atoms with Gasteiger partial charge in [0.1, 0.15) is 12.4 Å². The van der Waals surface area contributed by atoms with E-state index in [1.165, 1.54) is 23.1 Å². The van der Waals surface area contributed by atoms with Gasteiger partial charge in [0.25, 0.3) is 0 Å². The molecule has 2 rings (SSSR count). The van der Waals surface area contributed by atoms with Gasteiger partial charge in [-0.25, -0.2) is 4.39 Å². The van der Waals surface area contributed by atoms with Crippen LogP contribution in [0.4, 0.5) is 15.8 Å². The molecule has 8 heteroatoms. The van der Waals surface area contributed by atoms with Crippen LogP contribution in [0, 0.1) is 5.82 Å². The van der Waals surface area contributed by atoms with E-state index in [-0.39, 0.29) is 17.5 Å². The number of hydrogen-bond acceptors (Lipinski definition) is 3. The first-order chi connectivity index (χ1) is 8.95. The monoisotopic (exact) mass is 346 g/mol. The molecule has 0 unspecified atom stereocenters. The number of nitrogens with two attached hydrogens (primary N) is 1. The summed E-state index contributed by atoms with van der Waals surface area (Å²) in [5.41, 5.74) is 6.27. The van der Waals surface area contributed by atoms with Crippen molar-refractivity contribution in [1.29, 1.82) is 0 Å². The Balaban J connectivity index is 2.11. The summed E-state index contributed by atoms with van der Waals surface area (Å²) in [6, 6.07) is 2.33. The molecular weight excluding hydrogens is 339 g/mol. The van der Waals surface area contributed by atoms with Gasteiger partial charge in [0.2, 0.25) is 5.91 Å². The van der Waals surface area contributed by atoms with Gasteiger partial charge in [-0.3, -0.25) is 9.48 Å². The predicted molar refractivity (Wildman–Crippen MR) is 74.4 cm³/mol. The Morgan fingerprint density at radius 2 is 2.32 bits per heavy atom. The minimum atomic E-state index is -0.491. The van der Waals surface area contributed by atoms with Crippen LogP contribution in [-0.2, 0) is 11.3 Å². The van der Waals surface area contributed by atoms with Crippen molar-refractivity contribution in [3.8, 4) is 0 Å². The summed E-state index contributed by atoms with van der Waals surface area (Å²) in [6.07, 6.45) is 2.97. The summed E-state index contributed by atoms with van der Waals surface area (Å²) >= 11 is 8.99. The van der Waals surface area contributed by atoms with Crippen molar-refractivity contribution in [3.05, 3.63) is 39.8 Å². The van der Waals surface area contributed by atoms with Gasteiger partial charge in [-0.2, -0.15) is 5.10 Å². The summed E-state index contributed by atoms with van der Waals surface area (Å²) < 4.78 is 14.8. The van der Waals surface area contributed by atoms with Crippen LogP contribution in [0.5, 0.6) is 0 Å². The van der Waals surface area contributed by atoms with Gasteiger partial charge in [-0.05, 0) is 28.1 Å². The maximum Gasteiger partial charge on any atom is 0.246 e. The first-order valence-electron chi connectivity index (χ1n) is 5.18. The lowest BCUT2D eigenvalue weighted by Gasteiger charge is -2.09. The smallest absolute Gasteiger partial charge is 0.246 e. The Bertz CT molecular complexity index is 608. The molecule has 5 nitrogen and oxygen atoms in total. The first-order valence-corrected chi connectivity index (χ1v) is 6.35. The highest BCUT2D eigenvalue weighted by Gasteiger charge is 2.12. The Kier molecular flexibility index (Phi) is 4.06. The largest absolute Gasteiger partial charge is 0.396 e. The van der Waals surface area contributed by atoms with Crippen molar-refractivity contribution in [1.82, 2.24) is 9.78 Å². The van der Waals surface area contributed by atoms with Gasteiger partial charge in [0, 0.05) is 10.7 Å². The fourth-order valence-electron chi connectivity index (χ4n) is 1.45. The fraction of sp³-hybridized carbons (Fsp3) is 0.0909. The Labute approximate surface area is 121 Å². The molecule has 1 heterocycles. The molecule has 0 radical (unpaired) electrons. The van der Waals surface area contributed by atoms with Crippen LogP contribution >= 0.6 is 27.5 Å². The lowest BCUT2D eigenvalue weighted by atomic mass is 10.3. The fourth-order valence-corrected chi connectivity index (χ4v) is 2.35. The zero-order valence-corrected chi connectivity index (χ0v) is 11.9. The number of hydrogen-bond donors (Lipinski definition) is 2. The molecule has 0 fully saturated rings. The van der Waals surface area contributed by atoms with E-state index in [0.29, 0.717) is 15.8 Å². The molecule has 3 N–H and O–H groups in total. The van der Waals surface area contributed by atoms with Gasteiger partial charge in [0.05, 0.1) is 22.6 Å². The number of aromatic nitrogens is 2. The SMILES string of the molecule is Nc1cnn(CC(=O)Nc2c(Cl)cc(F)cc2Br)c1. The van der Waals surface area contributed by atoms with E-state index in [4.69, 9.17) is 17.3 Å². The first kappa shape index (κ1) is 13.8. The number of amides is 1. The van der Waals surface area contributed by atoms with E-state index >= 15 is 0 Å². The minimum absolute atomic E-state index is 0.0165. The molecule has 1 aromatic carbocycles. The Hall–Kier alpha value is -1.60. The molecule has 0 spiro atoms. The normalized spacial score (nSPS) is 10.5. The number of halogens is 3. The minimum Gasteiger partial charge on any atom is -0.396 e. The lowest BCUT2D eigenvalue weighted by molar-refractivity contribution is -0.116. The third kappa shape index (κ3) is 3.45. The molecule has 0 saturated heterocycles. The van der Waals surface area contributed by atoms with E-state index in [9.17, 15) is 9.18 Å². The standard InChI is InChI=1S/C11H9BrClFN4O/c12-8-1-6(14)2-9(13)11(8)17-10(19)5-18-4-7(15)3-16-18/h1-4H,5,15H2,(H,17,19). The third-order valence-electron chi connectivity index (χ3n) is 2.23. The number of carbonyl (C=O) groups excluding carboxylic acids is 1. The zero-order valence-electron chi connectivity index (χ0n) is 9.53.